The van der Waals surface area contributed by atoms with Gasteiger partial charge < -0.3 is 35.8 Å². The number of fused-ring (bicyclic) bond motifs is 2. The topological polar surface area (TPSA) is 245 Å². The molecular weight excluding hydrogens is 698 g/mol. The van der Waals surface area contributed by atoms with Crippen molar-refractivity contribution in [3.8, 4) is 12.3 Å². The number of anilines is 1. The van der Waals surface area contributed by atoms with Crippen LogP contribution in [0.25, 0.3) is 21.8 Å². The molecule has 0 fully saturated rings. The maximum Gasteiger partial charge on any atom is 0.326 e. The fourth-order valence-electron chi connectivity index (χ4n) is 5.29. The first-order valence-corrected chi connectivity index (χ1v) is 16.5. The van der Waals surface area contributed by atoms with Gasteiger partial charge in [0, 0.05) is 42.2 Å². The number of carbonyl (C=O) groups is 5. The highest BCUT2D eigenvalue weighted by molar-refractivity contribution is 5.98. The van der Waals surface area contributed by atoms with Crippen LogP contribution in [0.3, 0.4) is 0 Å². The fourth-order valence-corrected chi connectivity index (χ4v) is 5.29. The first-order valence-electron chi connectivity index (χ1n) is 16.5. The molecule has 0 aliphatic heterocycles. The van der Waals surface area contributed by atoms with E-state index >= 15 is 0 Å². The number of hydrogen-bond donors (Lipinski definition) is 6. The number of rotatable bonds is 15. The molecule has 0 unspecified atom stereocenters. The van der Waals surface area contributed by atoms with E-state index in [0.717, 1.165) is 16.5 Å². The van der Waals surface area contributed by atoms with Gasteiger partial charge in [-0.05, 0) is 67.8 Å². The molecule has 0 spiro atoms. The minimum atomic E-state index is -1.55. The number of benzene rings is 3. The molecule has 3 aromatic carbocycles. The molecule has 2 aromatic heterocycles. The Bertz CT molecular complexity index is 2190. The number of para-hydroxylation sites is 1. The van der Waals surface area contributed by atoms with E-state index in [-0.39, 0.29) is 24.1 Å². The molecule has 0 aliphatic rings. The number of amides is 2. The van der Waals surface area contributed by atoms with E-state index in [4.69, 9.17) is 16.6 Å². The number of aromatic amines is 1. The van der Waals surface area contributed by atoms with Crippen LogP contribution in [-0.4, -0.2) is 83.6 Å². The summed E-state index contributed by atoms with van der Waals surface area (Å²) in [5, 5.41) is 33.4. The van der Waals surface area contributed by atoms with Crippen molar-refractivity contribution in [2.45, 2.75) is 51.2 Å². The Morgan fingerprint density at radius 2 is 1.57 bits per heavy atom. The highest BCUT2D eigenvalue weighted by atomic mass is 16.4. The second-order valence-corrected chi connectivity index (χ2v) is 12.0. The van der Waals surface area contributed by atoms with Crippen LogP contribution in [0.4, 0.5) is 5.69 Å². The van der Waals surface area contributed by atoms with E-state index < -0.39 is 61.1 Å². The third-order valence-electron chi connectivity index (χ3n) is 7.98. The number of carboxylic acid groups (broad SMARTS) is 3. The summed E-state index contributed by atoms with van der Waals surface area (Å²) in [7, 11) is 0. The fraction of sp³-hybridized carbons (Fsp3) is 0.237. The van der Waals surface area contributed by atoms with E-state index in [1.807, 2.05) is 41.4 Å². The highest BCUT2D eigenvalue weighted by Crippen LogP contribution is 2.20. The molecule has 2 heterocycles. The molecule has 54 heavy (non-hydrogen) atoms. The van der Waals surface area contributed by atoms with Crippen molar-refractivity contribution >= 4 is 57.2 Å². The van der Waals surface area contributed by atoms with Crippen LogP contribution in [0.15, 0.2) is 84.0 Å². The number of nitrogens with zero attached hydrogens (tertiary/aromatic N) is 4. The van der Waals surface area contributed by atoms with Crippen LogP contribution >= 0.6 is 0 Å². The molecule has 5 aromatic rings. The van der Waals surface area contributed by atoms with Gasteiger partial charge in [-0.15, -0.1) is 6.42 Å². The van der Waals surface area contributed by atoms with Crippen molar-refractivity contribution in [1.82, 2.24) is 30.6 Å². The number of terminal acetylenes is 1. The quantitative estimate of drug-likeness (QED) is 0.0848. The summed E-state index contributed by atoms with van der Waals surface area (Å²) >= 11 is 0. The Kier molecular flexibility index (Phi) is 13.9. The second kappa shape index (κ2) is 18.9. The Hall–Kier alpha value is -7.15. The van der Waals surface area contributed by atoms with Crippen LogP contribution in [0.1, 0.15) is 47.4 Å². The van der Waals surface area contributed by atoms with Crippen LogP contribution in [0, 0.1) is 19.3 Å². The summed E-state index contributed by atoms with van der Waals surface area (Å²) in [6.45, 7) is 2.23. The minimum absolute atomic E-state index is 0.127. The Morgan fingerprint density at radius 1 is 0.889 bits per heavy atom. The number of carboxylic acids is 3. The van der Waals surface area contributed by atoms with Crippen LogP contribution in [0.2, 0.25) is 0 Å². The lowest BCUT2D eigenvalue weighted by Gasteiger charge is -2.23. The van der Waals surface area contributed by atoms with Gasteiger partial charge in [-0.2, -0.15) is 0 Å². The summed E-state index contributed by atoms with van der Waals surface area (Å²) < 4.78 is 0. The van der Waals surface area contributed by atoms with Crippen LogP contribution < -0.4 is 21.1 Å². The van der Waals surface area contributed by atoms with Gasteiger partial charge in [0.1, 0.15) is 24.2 Å². The predicted molar refractivity (Wildman–Crippen MR) is 198 cm³/mol. The van der Waals surface area contributed by atoms with Crippen molar-refractivity contribution in [2.75, 3.05) is 11.4 Å². The summed E-state index contributed by atoms with van der Waals surface area (Å²) in [4.78, 5) is 88.5. The van der Waals surface area contributed by atoms with Gasteiger partial charge in [-0.1, -0.05) is 30.2 Å². The zero-order valence-corrected chi connectivity index (χ0v) is 29.1. The molecule has 2 atom stereocenters. The number of carbonyl (C=O) groups excluding carboxylic acids is 2. The average Bonchev–Trinajstić information content (AvgIpc) is 3.15. The van der Waals surface area contributed by atoms with Gasteiger partial charge in [0.2, 0.25) is 5.91 Å². The maximum absolute atomic E-state index is 13.0. The number of aliphatic carboxylic acids is 3. The molecule has 5 rings (SSSR count). The Labute approximate surface area is 308 Å². The van der Waals surface area contributed by atoms with Gasteiger partial charge in [0.05, 0.1) is 23.0 Å². The zero-order chi connectivity index (χ0) is 39.2. The Morgan fingerprint density at radius 3 is 2.22 bits per heavy atom. The molecule has 0 radical (unpaired) electrons. The molecule has 16 heteroatoms. The maximum atomic E-state index is 13.0. The molecule has 16 nitrogen and oxygen atoms in total. The van der Waals surface area contributed by atoms with E-state index in [2.05, 4.69) is 36.5 Å². The first-order chi connectivity index (χ1) is 25.8. The largest absolute Gasteiger partial charge is 0.481 e. The van der Waals surface area contributed by atoms with E-state index in [1.54, 1.807) is 37.5 Å². The van der Waals surface area contributed by atoms with Gasteiger partial charge in [0.25, 0.3) is 11.5 Å². The Balaban J connectivity index is 0.000000553. The average molecular weight is 736 g/mol. The van der Waals surface area contributed by atoms with E-state index in [1.165, 1.54) is 12.1 Å². The molecule has 2 amide bonds. The predicted octanol–water partition coefficient (Wildman–Crippen LogP) is 2.90. The molecule has 0 bridgehead atoms. The third kappa shape index (κ3) is 11.4. The smallest absolute Gasteiger partial charge is 0.326 e. The van der Waals surface area contributed by atoms with Crippen molar-refractivity contribution in [3.63, 3.8) is 0 Å². The minimum Gasteiger partial charge on any atom is -0.481 e. The lowest BCUT2D eigenvalue weighted by Crippen LogP contribution is -2.51. The molecule has 0 saturated carbocycles. The molecule has 6 N–H and O–H groups in total. The lowest BCUT2D eigenvalue weighted by atomic mass is 10.1. The van der Waals surface area contributed by atoms with E-state index in [0.29, 0.717) is 29.0 Å². The number of aromatic nitrogens is 4. The summed E-state index contributed by atoms with van der Waals surface area (Å²) in [6, 6.07) is 16.5. The highest BCUT2D eigenvalue weighted by Gasteiger charge is 2.28. The third-order valence-corrected chi connectivity index (χ3v) is 7.98. The number of hydrogen-bond acceptors (Lipinski definition) is 10. The summed E-state index contributed by atoms with van der Waals surface area (Å²) in [5.74, 6) is -2.58. The number of nitrogens with one attached hydrogen (secondary N) is 3. The summed E-state index contributed by atoms with van der Waals surface area (Å²) in [5.41, 5.74) is 2.86. The second-order valence-electron chi connectivity index (χ2n) is 12.0. The number of H-pyrrole nitrogens is 1. The molecular formula is C38H37N7O9. The van der Waals surface area contributed by atoms with Crippen LogP contribution in [-0.2, 0) is 25.7 Å². The van der Waals surface area contributed by atoms with Crippen molar-refractivity contribution < 1.29 is 39.3 Å². The number of aryl methyl sites for hydroxylation is 1. The first kappa shape index (κ1) is 39.6. The molecule has 0 aliphatic carbocycles. The SMILES string of the molecule is C#CCN(Cc1ccc2nc(C)[nH]c(=O)c2c1)c1ccc(C(=O)N[C@@H](CCC(=O)O)C(=O)N[C@H](CCC(=O)O)C(=O)O)cc1.c1ccc2ncncc2c1. The van der Waals surface area contributed by atoms with E-state index in [9.17, 15) is 33.9 Å². The van der Waals surface area contributed by atoms with Gasteiger partial charge in [-0.3, -0.25) is 24.0 Å². The standard InChI is InChI=1S/C30H31N5O9.C8H6N2/c1-3-14-35(16-18-4-9-22-21(15-18)28(41)32-17(2)31-22)20-7-5-19(6-8-20)27(40)33-23(10-12-25(36)37)29(42)34-24(30(43)44)11-13-26(38)39;1-2-4-8-7(3-1)5-9-6-10-8/h1,4-9,15,23-24H,10-14,16H2,2H3,(H,33,40)(H,34,42)(H,36,37)(H,38,39)(H,43,44)(H,31,32,41);1-6H/t23-,24+;/m0./s1. The van der Waals surface area contributed by atoms with Gasteiger partial charge in [0.15, 0.2) is 0 Å². The monoisotopic (exact) mass is 735 g/mol. The van der Waals surface area contributed by atoms with Crippen molar-refractivity contribution in [1.29, 1.82) is 0 Å². The lowest BCUT2D eigenvalue weighted by molar-refractivity contribution is -0.143. The molecule has 278 valence electrons. The summed E-state index contributed by atoms with van der Waals surface area (Å²) in [6.07, 6.45) is 7.18. The van der Waals surface area contributed by atoms with Gasteiger partial charge in [-0.25, -0.2) is 19.7 Å². The zero-order valence-electron chi connectivity index (χ0n) is 29.1. The van der Waals surface area contributed by atoms with Crippen LogP contribution in [0.5, 0.6) is 0 Å². The van der Waals surface area contributed by atoms with Crippen molar-refractivity contribution in [3.05, 3.63) is 107 Å². The molecule has 0 saturated heterocycles. The van der Waals surface area contributed by atoms with Crippen molar-refractivity contribution in [2.24, 2.45) is 0 Å². The van der Waals surface area contributed by atoms with Gasteiger partial charge >= 0.3 is 17.9 Å². The normalized spacial score (nSPS) is 11.6.